The molecule has 2 rings (SSSR count). The van der Waals surface area contributed by atoms with E-state index in [1.807, 2.05) is 13.8 Å². The number of anilines is 1. The fraction of sp³-hybridized carbons (Fsp3) is 0.278. The number of sulfonamides is 1. The van der Waals surface area contributed by atoms with Crippen LogP contribution in [0.2, 0.25) is 5.02 Å². The van der Waals surface area contributed by atoms with Crippen molar-refractivity contribution < 1.29 is 13.2 Å². The molecule has 25 heavy (non-hydrogen) atoms. The van der Waals surface area contributed by atoms with E-state index in [0.717, 1.165) is 12.8 Å². The van der Waals surface area contributed by atoms with Gasteiger partial charge in [0.15, 0.2) is 0 Å². The number of halogens is 1. The molecular weight excluding hydrogens is 360 g/mol. The first kappa shape index (κ1) is 19.3. The number of hydrogen-bond donors (Lipinski definition) is 2. The van der Waals surface area contributed by atoms with E-state index in [1.165, 1.54) is 30.3 Å². The summed E-state index contributed by atoms with van der Waals surface area (Å²) in [5.41, 5.74) is 0.732. The number of benzene rings is 2. The van der Waals surface area contributed by atoms with Crippen molar-refractivity contribution in [3.63, 3.8) is 0 Å². The average Bonchev–Trinajstić information content (AvgIpc) is 2.59. The SMILES string of the molecule is CCC(CC)NC(=O)c1cccc(NS(=O)(=O)c2ccc(Cl)cc2)c1. The summed E-state index contributed by atoms with van der Waals surface area (Å²) in [4.78, 5) is 12.4. The summed E-state index contributed by atoms with van der Waals surface area (Å²) < 4.78 is 27.3. The molecule has 0 bridgehead atoms. The first-order valence-electron chi connectivity index (χ1n) is 8.05. The summed E-state index contributed by atoms with van der Waals surface area (Å²) in [6, 6.07) is 12.4. The topological polar surface area (TPSA) is 75.3 Å². The number of rotatable bonds is 7. The maximum atomic E-state index is 12.4. The van der Waals surface area contributed by atoms with Gasteiger partial charge in [-0.05, 0) is 55.3 Å². The van der Waals surface area contributed by atoms with E-state index in [2.05, 4.69) is 10.0 Å². The van der Waals surface area contributed by atoms with E-state index in [9.17, 15) is 13.2 Å². The van der Waals surface area contributed by atoms with Crippen LogP contribution >= 0.6 is 11.6 Å². The van der Waals surface area contributed by atoms with Crippen LogP contribution in [0.3, 0.4) is 0 Å². The Morgan fingerprint density at radius 3 is 2.32 bits per heavy atom. The Labute approximate surface area is 153 Å². The molecule has 0 radical (unpaired) electrons. The van der Waals surface area contributed by atoms with Crippen molar-refractivity contribution >= 4 is 33.2 Å². The summed E-state index contributed by atoms with van der Waals surface area (Å²) in [7, 11) is -3.75. The molecule has 0 saturated carbocycles. The highest BCUT2D eigenvalue weighted by Gasteiger charge is 2.16. The van der Waals surface area contributed by atoms with Gasteiger partial charge in [-0.2, -0.15) is 0 Å². The molecule has 134 valence electrons. The molecule has 0 aliphatic rings. The number of hydrogen-bond acceptors (Lipinski definition) is 3. The average molecular weight is 381 g/mol. The van der Waals surface area contributed by atoms with Gasteiger partial charge < -0.3 is 5.32 Å². The highest BCUT2D eigenvalue weighted by Crippen LogP contribution is 2.19. The molecule has 0 atom stereocenters. The maximum Gasteiger partial charge on any atom is 0.261 e. The summed E-state index contributed by atoms with van der Waals surface area (Å²) in [5, 5.41) is 3.39. The molecule has 0 unspecified atom stereocenters. The van der Waals surface area contributed by atoms with Crippen LogP contribution in [-0.2, 0) is 10.0 Å². The zero-order valence-corrected chi connectivity index (χ0v) is 15.7. The Morgan fingerprint density at radius 2 is 1.72 bits per heavy atom. The smallest absolute Gasteiger partial charge is 0.261 e. The van der Waals surface area contributed by atoms with Crippen LogP contribution in [0.1, 0.15) is 37.0 Å². The van der Waals surface area contributed by atoms with Crippen LogP contribution in [0.4, 0.5) is 5.69 Å². The molecule has 0 saturated heterocycles. The van der Waals surface area contributed by atoms with E-state index >= 15 is 0 Å². The third kappa shape index (κ3) is 5.21. The first-order chi connectivity index (χ1) is 11.9. The summed E-state index contributed by atoms with van der Waals surface area (Å²) in [6.45, 7) is 4.01. The van der Waals surface area contributed by atoms with Gasteiger partial charge in [0.25, 0.3) is 15.9 Å². The molecule has 7 heteroatoms. The van der Waals surface area contributed by atoms with Crippen LogP contribution in [0.5, 0.6) is 0 Å². The fourth-order valence-corrected chi connectivity index (χ4v) is 3.49. The lowest BCUT2D eigenvalue weighted by Gasteiger charge is -2.15. The number of carbonyl (C=O) groups is 1. The Morgan fingerprint density at radius 1 is 1.08 bits per heavy atom. The highest BCUT2D eigenvalue weighted by molar-refractivity contribution is 7.92. The molecule has 0 heterocycles. The van der Waals surface area contributed by atoms with E-state index in [0.29, 0.717) is 16.3 Å². The van der Waals surface area contributed by atoms with Gasteiger partial charge in [-0.1, -0.05) is 31.5 Å². The second-order valence-electron chi connectivity index (χ2n) is 5.63. The summed E-state index contributed by atoms with van der Waals surface area (Å²) in [5.74, 6) is -0.221. The van der Waals surface area contributed by atoms with Crippen LogP contribution in [-0.4, -0.2) is 20.4 Å². The van der Waals surface area contributed by atoms with Gasteiger partial charge >= 0.3 is 0 Å². The third-order valence-electron chi connectivity index (χ3n) is 3.82. The first-order valence-corrected chi connectivity index (χ1v) is 9.91. The van der Waals surface area contributed by atoms with Gasteiger partial charge in [0.2, 0.25) is 0 Å². The van der Waals surface area contributed by atoms with E-state index in [4.69, 9.17) is 11.6 Å². The van der Waals surface area contributed by atoms with Crippen molar-refractivity contribution in [1.82, 2.24) is 5.32 Å². The normalized spacial score (nSPS) is 11.4. The molecule has 1 amide bonds. The number of amides is 1. The quantitative estimate of drug-likeness (QED) is 0.760. The van der Waals surface area contributed by atoms with Crippen molar-refractivity contribution in [2.24, 2.45) is 0 Å². The van der Waals surface area contributed by atoms with E-state index in [-0.39, 0.29) is 16.8 Å². The lowest BCUT2D eigenvalue weighted by molar-refractivity contribution is 0.0935. The molecule has 2 aromatic carbocycles. The van der Waals surface area contributed by atoms with Crippen molar-refractivity contribution in [3.8, 4) is 0 Å². The van der Waals surface area contributed by atoms with Gasteiger partial charge in [-0.15, -0.1) is 0 Å². The molecule has 0 spiro atoms. The monoisotopic (exact) mass is 380 g/mol. The Bertz CT molecular complexity index is 832. The van der Waals surface area contributed by atoms with Crippen LogP contribution in [0, 0.1) is 0 Å². The maximum absolute atomic E-state index is 12.4. The zero-order chi connectivity index (χ0) is 18.4. The zero-order valence-electron chi connectivity index (χ0n) is 14.1. The van der Waals surface area contributed by atoms with Gasteiger partial charge in [-0.25, -0.2) is 8.42 Å². The molecular formula is C18H21ClN2O3S. The molecule has 0 aromatic heterocycles. The molecule has 0 aliphatic heterocycles. The van der Waals surface area contributed by atoms with Gasteiger partial charge in [0.1, 0.15) is 0 Å². The Balaban J connectivity index is 2.18. The Kier molecular flexibility index (Phi) is 6.45. The third-order valence-corrected chi connectivity index (χ3v) is 5.47. The van der Waals surface area contributed by atoms with Crippen LogP contribution in [0.25, 0.3) is 0 Å². The minimum absolute atomic E-state index is 0.0990. The van der Waals surface area contributed by atoms with Crippen LogP contribution < -0.4 is 10.0 Å². The lowest BCUT2D eigenvalue weighted by Crippen LogP contribution is -2.33. The Hall–Kier alpha value is -2.05. The van der Waals surface area contributed by atoms with E-state index < -0.39 is 10.0 Å². The van der Waals surface area contributed by atoms with Gasteiger partial charge in [0.05, 0.1) is 4.90 Å². The van der Waals surface area contributed by atoms with Crippen molar-refractivity contribution in [2.45, 2.75) is 37.6 Å². The molecule has 0 fully saturated rings. The number of nitrogens with one attached hydrogen (secondary N) is 2. The van der Waals surface area contributed by atoms with Crippen LogP contribution in [0.15, 0.2) is 53.4 Å². The number of carbonyl (C=O) groups excluding carboxylic acids is 1. The lowest BCUT2D eigenvalue weighted by atomic mass is 10.1. The highest BCUT2D eigenvalue weighted by atomic mass is 35.5. The van der Waals surface area contributed by atoms with E-state index in [1.54, 1.807) is 18.2 Å². The minimum atomic E-state index is -3.75. The predicted molar refractivity (Wildman–Crippen MR) is 101 cm³/mol. The standard InChI is InChI=1S/C18H21ClN2O3S/c1-3-15(4-2)20-18(22)13-6-5-7-16(12-13)21-25(23,24)17-10-8-14(19)9-11-17/h5-12,15,21H,3-4H2,1-2H3,(H,20,22). The predicted octanol–water partition coefficient (Wildman–Crippen LogP) is 4.06. The minimum Gasteiger partial charge on any atom is -0.349 e. The molecule has 2 aromatic rings. The second kappa shape index (κ2) is 8.36. The summed E-state index contributed by atoms with van der Waals surface area (Å²) >= 11 is 5.78. The summed E-state index contributed by atoms with van der Waals surface area (Å²) in [6.07, 6.45) is 1.68. The molecule has 2 N–H and O–H groups in total. The van der Waals surface area contributed by atoms with Gasteiger partial charge in [-0.3, -0.25) is 9.52 Å². The molecule has 5 nitrogen and oxygen atoms in total. The van der Waals surface area contributed by atoms with Crippen molar-refractivity contribution in [3.05, 3.63) is 59.1 Å². The van der Waals surface area contributed by atoms with Gasteiger partial charge in [0, 0.05) is 22.3 Å². The largest absolute Gasteiger partial charge is 0.349 e. The van der Waals surface area contributed by atoms with Crippen molar-refractivity contribution in [2.75, 3.05) is 4.72 Å². The fourth-order valence-electron chi connectivity index (χ4n) is 2.31. The second-order valence-corrected chi connectivity index (χ2v) is 7.75. The molecule has 0 aliphatic carbocycles. The van der Waals surface area contributed by atoms with Crippen molar-refractivity contribution in [1.29, 1.82) is 0 Å².